The Labute approximate surface area is 138 Å². The molecule has 0 radical (unpaired) electrons. The van der Waals surface area contributed by atoms with Crippen LogP contribution in [0.2, 0.25) is 0 Å². The van der Waals surface area contributed by atoms with Crippen molar-refractivity contribution in [1.82, 2.24) is 0 Å². The van der Waals surface area contributed by atoms with Crippen LogP contribution < -0.4 is 0 Å². The molecule has 0 amide bonds. The van der Waals surface area contributed by atoms with Gasteiger partial charge < -0.3 is 9.84 Å². The standard InChI is InChI=1S/C20H26O3/c1-19-9-7-15(14-5-3-2-4-6-14)12-20(19,22)10-8-17(19)16-11-18(21)23-13-16/h2-6,15-17,22H,7-13H2,1H3/t15-,16?,17+,19+,20-/m0/s1. The van der Waals surface area contributed by atoms with E-state index in [4.69, 9.17) is 4.74 Å². The summed E-state index contributed by atoms with van der Waals surface area (Å²) in [6.07, 6.45) is 5.45. The summed E-state index contributed by atoms with van der Waals surface area (Å²) in [6.45, 7) is 2.81. The highest BCUT2D eigenvalue weighted by Crippen LogP contribution is 2.63. The first-order valence-electron chi connectivity index (χ1n) is 8.95. The number of hydrogen-bond donors (Lipinski definition) is 1. The largest absolute Gasteiger partial charge is 0.465 e. The molecule has 3 fully saturated rings. The maximum Gasteiger partial charge on any atom is 0.306 e. The van der Waals surface area contributed by atoms with Gasteiger partial charge in [-0.15, -0.1) is 0 Å². The SMILES string of the molecule is C[C@]12CC[C@H](c3ccccc3)C[C@@]1(O)CC[C@@H]2C1COC(=O)C1. The van der Waals surface area contributed by atoms with E-state index in [-0.39, 0.29) is 11.4 Å². The van der Waals surface area contributed by atoms with Crippen molar-refractivity contribution in [2.45, 2.75) is 57.0 Å². The highest BCUT2D eigenvalue weighted by atomic mass is 16.5. The molecule has 3 nitrogen and oxygen atoms in total. The third-order valence-corrected chi connectivity index (χ3v) is 7.07. The van der Waals surface area contributed by atoms with Crippen LogP contribution in [0.4, 0.5) is 0 Å². The van der Waals surface area contributed by atoms with Gasteiger partial charge in [0, 0.05) is 5.92 Å². The zero-order chi connectivity index (χ0) is 16.1. The van der Waals surface area contributed by atoms with E-state index in [0.717, 1.165) is 32.1 Å². The zero-order valence-electron chi connectivity index (χ0n) is 13.8. The molecule has 1 N–H and O–H groups in total. The number of rotatable bonds is 2. The van der Waals surface area contributed by atoms with Crippen LogP contribution in [0.1, 0.15) is 56.9 Å². The van der Waals surface area contributed by atoms with Crippen LogP contribution in [0.5, 0.6) is 0 Å². The smallest absolute Gasteiger partial charge is 0.306 e. The van der Waals surface area contributed by atoms with Gasteiger partial charge in [0.1, 0.15) is 0 Å². The monoisotopic (exact) mass is 314 g/mol. The van der Waals surface area contributed by atoms with Gasteiger partial charge in [0.25, 0.3) is 0 Å². The molecular weight excluding hydrogens is 288 g/mol. The van der Waals surface area contributed by atoms with Crippen molar-refractivity contribution in [1.29, 1.82) is 0 Å². The van der Waals surface area contributed by atoms with Crippen LogP contribution in [-0.2, 0) is 9.53 Å². The summed E-state index contributed by atoms with van der Waals surface area (Å²) in [5.41, 5.74) is 0.685. The summed E-state index contributed by atoms with van der Waals surface area (Å²) in [7, 11) is 0. The number of carbonyl (C=O) groups excluding carboxylic acids is 1. The molecule has 0 bridgehead atoms. The summed E-state index contributed by atoms with van der Waals surface area (Å²) >= 11 is 0. The fraction of sp³-hybridized carbons (Fsp3) is 0.650. The van der Waals surface area contributed by atoms with Gasteiger partial charge in [-0.2, -0.15) is 0 Å². The number of cyclic esters (lactones) is 1. The molecule has 3 aliphatic rings. The van der Waals surface area contributed by atoms with Gasteiger partial charge in [0.05, 0.1) is 18.6 Å². The Morgan fingerprint density at radius 3 is 2.65 bits per heavy atom. The number of ether oxygens (including phenoxy) is 1. The van der Waals surface area contributed by atoms with Crippen LogP contribution in [0.3, 0.4) is 0 Å². The lowest BCUT2D eigenvalue weighted by Gasteiger charge is -2.50. The predicted molar refractivity (Wildman–Crippen MR) is 87.9 cm³/mol. The summed E-state index contributed by atoms with van der Waals surface area (Å²) in [5.74, 6) is 1.10. The van der Waals surface area contributed by atoms with Crippen LogP contribution in [0.15, 0.2) is 30.3 Å². The molecule has 3 heteroatoms. The molecule has 0 spiro atoms. The molecule has 1 saturated heterocycles. The minimum atomic E-state index is -0.595. The lowest BCUT2D eigenvalue weighted by molar-refractivity contribution is -0.137. The molecule has 23 heavy (non-hydrogen) atoms. The second-order valence-electron chi connectivity index (χ2n) is 8.09. The third kappa shape index (κ3) is 2.32. The van der Waals surface area contributed by atoms with E-state index in [9.17, 15) is 9.90 Å². The summed E-state index contributed by atoms with van der Waals surface area (Å²) in [6, 6.07) is 10.6. The van der Waals surface area contributed by atoms with Gasteiger partial charge in [-0.25, -0.2) is 0 Å². The number of hydrogen-bond acceptors (Lipinski definition) is 3. The van der Waals surface area contributed by atoms with E-state index >= 15 is 0 Å². The maximum atomic E-state index is 11.5. The maximum absolute atomic E-state index is 11.5. The molecule has 124 valence electrons. The van der Waals surface area contributed by atoms with Gasteiger partial charge in [-0.05, 0) is 54.9 Å². The fourth-order valence-electron chi connectivity index (χ4n) is 5.64. The Bertz CT molecular complexity index is 598. The molecule has 1 aromatic carbocycles. The van der Waals surface area contributed by atoms with Crippen LogP contribution in [0.25, 0.3) is 0 Å². The van der Waals surface area contributed by atoms with Crippen LogP contribution >= 0.6 is 0 Å². The minimum Gasteiger partial charge on any atom is -0.465 e. The zero-order valence-corrected chi connectivity index (χ0v) is 13.8. The second kappa shape index (κ2) is 5.34. The van der Waals surface area contributed by atoms with Gasteiger partial charge in [0.2, 0.25) is 0 Å². The van der Waals surface area contributed by atoms with E-state index < -0.39 is 5.60 Å². The van der Waals surface area contributed by atoms with Gasteiger partial charge in [-0.3, -0.25) is 4.79 Å². The molecule has 0 aromatic heterocycles. The Morgan fingerprint density at radius 1 is 1.17 bits per heavy atom. The van der Waals surface area contributed by atoms with Gasteiger partial charge in [0.15, 0.2) is 0 Å². The first-order chi connectivity index (χ1) is 11.0. The van der Waals surface area contributed by atoms with Crippen molar-refractivity contribution in [3.05, 3.63) is 35.9 Å². The Kier molecular flexibility index (Phi) is 3.53. The van der Waals surface area contributed by atoms with Crippen molar-refractivity contribution in [2.24, 2.45) is 17.3 Å². The fourth-order valence-corrected chi connectivity index (χ4v) is 5.64. The van der Waals surface area contributed by atoms with Crippen LogP contribution in [-0.4, -0.2) is 23.3 Å². The summed E-state index contributed by atoms with van der Waals surface area (Å²) in [4.78, 5) is 11.5. The highest BCUT2D eigenvalue weighted by Gasteiger charge is 2.61. The molecule has 1 unspecified atom stereocenters. The highest BCUT2D eigenvalue weighted by molar-refractivity contribution is 5.71. The van der Waals surface area contributed by atoms with Crippen molar-refractivity contribution >= 4 is 5.97 Å². The Hall–Kier alpha value is -1.35. The first-order valence-corrected chi connectivity index (χ1v) is 8.95. The molecular formula is C20H26O3. The van der Waals surface area contributed by atoms with E-state index in [1.165, 1.54) is 5.56 Å². The van der Waals surface area contributed by atoms with Crippen molar-refractivity contribution in [3.63, 3.8) is 0 Å². The average molecular weight is 314 g/mol. The number of fused-ring (bicyclic) bond motifs is 1. The molecule has 1 aliphatic heterocycles. The lowest BCUT2D eigenvalue weighted by atomic mass is 9.57. The summed E-state index contributed by atoms with van der Waals surface area (Å²) < 4.78 is 5.21. The number of esters is 1. The van der Waals surface area contributed by atoms with Gasteiger partial charge in [-0.1, -0.05) is 37.3 Å². The van der Waals surface area contributed by atoms with Crippen LogP contribution in [0, 0.1) is 17.3 Å². The van der Waals surface area contributed by atoms with E-state index in [2.05, 4.69) is 31.2 Å². The number of benzene rings is 1. The Balaban J connectivity index is 1.56. The minimum absolute atomic E-state index is 0.0630. The third-order valence-electron chi connectivity index (χ3n) is 7.07. The molecule has 2 aliphatic carbocycles. The van der Waals surface area contributed by atoms with E-state index in [1.54, 1.807) is 0 Å². The van der Waals surface area contributed by atoms with E-state index in [1.807, 2.05) is 6.07 Å². The normalized spacial score (nSPS) is 43.2. The molecule has 1 heterocycles. The first kappa shape index (κ1) is 15.2. The molecule has 4 rings (SSSR count). The van der Waals surface area contributed by atoms with Crippen molar-refractivity contribution < 1.29 is 14.6 Å². The number of aliphatic hydroxyl groups is 1. The summed E-state index contributed by atoms with van der Waals surface area (Å²) in [5, 5.41) is 11.5. The molecule has 1 aromatic rings. The van der Waals surface area contributed by atoms with Gasteiger partial charge >= 0.3 is 5.97 Å². The average Bonchev–Trinajstić information content (AvgIpc) is 3.08. The van der Waals surface area contributed by atoms with Crippen molar-refractivity contribution in [3.8, 4) is 0 Å². The number of carbonyl (C=O) groups is 1. The van der Waals surface area contributed by atoms with E-state index in [0.29, 0.717) is 30.8 Å². The van der Waals surface area contributed by atoms with Crippen molar-refractivity contribution in [2.75, 3.05) is 6.61 Å². The second-order valence-corrected chi connectivity index (χ2v) is 8.09. The quantitative estimate of drug-likeness (QED) is 0.847. The molecule has 5 atom stereocenters. The predicted octanol–water partition coefficient (Wildman–Crippen LogP) is 3.66. The molecule has 2 saturated carbocycles. The topological polar surface area (TPSA) is 46.5 Å². The Morgan fingerprint density at radius 2 is 1.96 bits per heavy atom. The lowest BCUT2D eigenvalue weighted by Crippen LogP contribution is -2.50.